The molecule has 11 heteroatoms. The molecule has 0 bridgehead atoms. The fraction of sp³-hybridized carbons (Fsp3) is 0.444. The molecule has 2 aliphatic rings. The van der Waals surface area contributed by atoms with Crippen LogP contribution in [0.15, 0.2) is 29.3 Å². The number of rotatable bonds is 3. The molecule has 9 nitrogen and oxygen atoms in total. The minimum Gasteiger partial charge on any atom is -0.340 e. The van der Waals surface area contributed by atoms with Gasteiger partial charge in [-0.25, -0.2) is 8.42 Å². The third kappa shape index (κ3) is 3.22. The molecular weight excluding hydrogens is 412 g/mol. The summed E-state index contributed by atoms with van der Waals surface area (Å²) in [6.45, 7) is 1.36. The van der Waals surface area contributed by atoms with E-state index in [1.807, 2.05) is 6.20 Å². The number of carbonyl (C=O) groups excluding carboxylic acids is 1. The van der Waals surface area contributed by atoms with E-state index in [4.69, 9.17) is 0 Å². The highest BCUT2D eigenvalue weighted by molar-refractivity contribution is 7.89. The van der Waals surface area contributed by atoms with Gasteiger partial charge in [-0.05, 0) is 30.5 Å². The van der Waals surface area contributed by atoms with Gasteiger partial charge >= 0.3 is 0 Å². The number of aromatic amines is 1. The molecule has 1 N–H and O–H groups in total. The van der Waals surface area contributed by atoms with Crippen molar-refractivity contribution in [3.8, 4) is 0 Å². The molecule has 3 aromatic rings. The second kappa shape index (κ2) is 7.15. The van der Waals surface area contributed by atoms with Crippen LogP contribution < -0.4 is 0 Å². The fourth-order valence-corrected chi connectivity index (χ4v) is 6.33. The van der Waals surface area contributed by atoms with Crippen LogP contribution in [-0.2, 0) is 27.7 Å². The topological polar surface area (TPSA) is 112 Å². The molecule has 0 radical (unpaired) electrons. The smallest absolute Gasteiger partial charge is 0.245 e. The highest BCUT2D eigenvalue weighted by Gasteiger charge is 2.35. The van der Waals surface area contributed by atoms with Gasteiger partial charge in [0.05, 0.1) is 17.9 Å². The fourth-order valence-electron chi connectivity index (χ4n) is 4.15. The van der Waals surface area contributed by atoms with Crippen LogP contribution in [0.1, 0.15) is 17.7 Å². The normalized spacial score (nSPS) is 20.7. The number of sulfonamides is 1. The second-order valence-corrected chi connectivity index (χ2v) is 9.87. The van der Waals surface area contributed by atoms with Crippen molar-refractivity contribution in [1.29, 1.82) is 0 Å². The van der Waals surface area contributed by atoms with Crippen LogP contribution in [0.25, 0.3) is 11.0 Å². The molecule has 152 valence electrons. The van der Waals surface area contributed by atoms with Gasteiger partial charge in [-0.3, -0.25) is 9.89 Å². The number of nitrogens with one attached hydrogen (secondary N) is 1. The summed E-state index contributed by atoms with van der Waals surface area (Å²) in [6, 6.07) is 5.01. The maximum Gasteiger partial charge on any atom is 0.245 e. The lowest BCUT2D eigenvalue weighted by Crippen LogP contribution is -2.52. The zero-order valence-corrected chi connectivity index (χ0v) is 17.2. The second-order valence-electron chi connectivity index (χ2n) is 7.43. The summed E-state index contributed by atoms with van der Waals surface area (Å²) in [5.41, 5.74) is 3.23. The highest BCUT2D eigenvalue weighted by Crippen LogP contribution is 2.28. The van der Waals surface area contributed by atoms with Crippen molar-refractivity contribution in [2.75, 3.05) is 26.2 Å². The van der Waals surface area contributed by atoms with Crippen molar-refractivity contribution < 1.29 is 13.2 Å². The van der Waals surface area contributed by atoms with Crippen LogP contribution in [0.4, 0.5) is 0 Å². The molecule has 1 atom stereocenters. The van der Waals surface area contributed by atoms with E-state index in [9.17, 15) is 13.2 Å². The first-order valence-corrected chi connectivity index (χ1v) is 11.7. The van der Waals surface area contributed by atoms with E-state index in [0.29, 0.717) is 30.5 Å². The van der Waals surface area contributed by atoms with Gasteiger partial charge in [0, 0.05) is 44.2 Å². The van der Waals surface area contributed by atoms with Crippen molar-refractivity contribution in [2.45, 2.75) is 24.2 Å². The van der Waals surface area contributed by atoms with E-state index < -0.39 is 10.0 Å². The standard InChI is InChI=1S/C18H20N6O3S2/c25-18(12-4-5-13-11-19-20-15(13)10-12)23-6-8-24(9-7-23)29(26,27)16-3-1-2-14-17(16)22-28-21-14/h1-3,11-12H,4-10H2,(H,19,20)/t12-/m0/s1. The lowest BCUT2D eigenvalue weighted by atomic mass is 9.87. The molecule has 29 heavy (non-hydrogen) atoms. The van der Waals surface area contributed by atoms with E-state index in [0.717, 1.165) is 30.3 Å². The Hall–Kier alpha value is -2.37. The summed E-state index contributed by atoms with van der Waals surface area (Å²) in [5, 5.41) is 7.05. The number of hydrogen-bond donors (Lipinski definition) is 1. The zero-order valence-electron chi connectivity index (χ0n) is 15.6. The van der Waals surface area contributed by atoms with Crippen LogP contribution in [0.2, 0.25) is 0 Å². The third-order valence-corrected chi connectivity index (χ3v) is 8.26. The molecule has 1 fully saturated rings. The maximum atomic E-state index is 13.1. The third-order valence-electron chi connectivity index (χ3n) is 5.79. The minimum atomic E-state index is -3.68. The van der Waals surface area contributed by atoms with Crippen LogP contribution in [-0.4, -0.2) is 68.7 Å². The lowest BCUT2D eigenvalue weighted by Gasteiger charge is -2.36. The van der Waals surface area contributed by atoms with Gasteiger partial charge in [0.2, 0.25) is 15.9 Å². The van der Waals surface area contributed by atoms with Gasteiger partial charge < -0.3 is 4.90 Å². The molecule has 1 aromatic carbocycles. The number of carbonyl (C=O) groups is 1. The quantitative estimate of drug-likeness (QED) is 0.662. The Morgan fingerprint density at radius 1 is 1.17 bits per heavy atom. The average molecular weight is 433 g/mol. The van der Waals surface area contributed by atoms with E-state index in [1.165, 1.54) is 9.87 Å². The van der Waals surface area contributed by atoms with Crippen molar-refractivity contribution in [3.63, 3.8) is 0 Å². The molecule has 1 aliphatic carbocycles. The molecule has 1 saturated heterocycles. The van der Waals surface area contributed by atoms with E-state index in [1.54, 1.807) is 23.1 Å². The molecule has 5 rings (SSSR count). The van der Waals surface area contributed by atoms with E-state index >= 15 is 0 Å². The summed E-state index contributed by atoms with van der Waals surface area (Å²) in [5.74, 6) is 0.0361. The Bertz CT molecular complexity index is 1160. The predicted molar refractivity (Wildman–Crippen MR) is 107 cm³/mol. The number of hydrogen-bond acceptors (Lipinski definition) is 7. The molecule has 0 spiro atoms. The minimum absolute atomic E-state index is 0.0686. The Balaban J connectivity index is 1.28. The summed E-state index contributed by atoms with van der Waals surface area (Å²) >= 11 is 1.00. The first-order valence-electron chi connectivity index (χ1n) is 9.55. The number of benzene rings is 1. The number of fused-ring (bicyclic) bond motifs is 2. The molecule has 1 amide bonds. The number of piperazine rings is 1. The molecule has 1 aliphatic heterocycles. The van der Waals surface area contributed by atoms with Gasteiger partial charge in [-0.2, -0.15) is 18.2 Å². The van der Waals surface area contributed by atoms with Gasteiger partial charge in [-0.1, -0.05) is 6.07 Å². The van der Waals surface area contributed by atoms with Crippen molar-refractivity contribution in [1.82, 2.24) is 28.1 Å². The Morgan fingerprint density at radius 2 is 2.00 bits per heavy atom. The molecule has 3 heterocycles. The number of nitrogens with zero attached hydrogens (tertiary/aromatic N) is 5. The molecule has 0 unspecified atom stereocenters. The number of H-pyrrole nitrogens is 1. The van der Waals surface area contributed by atoms with Crippen molar-refractivity contribution in [2.24, 2.45) is 5.92 Å². The van der Waals surface area contributed by atoms with Crippen molar-refractivity contribution >= 4 is 38.7 Å². The molecule has 0 saturated carbocycles. The number of amides is 1. The lowest BCUT2D eigenvalue weighted by molar-refractivity contribution is -0.137. The van der Waals surface area contributed by atoms with E-state index in [2.05, 4.69) is 18.9 Å². The largest absolute Gasteiger partial charge is 0.340 e. The zero-order chi connectivity index (χ0) is 20.0. The van der Waals surface area contributed by atoms with Crippen LogP contribution in [0.5, 0.6) is 0 Å². The SMILES string of the molecule is O=C([C@H]1CCc2cn[nH]c2C1)N1CCN(S(=O)(=O)c2cccc3nsnc23)CC1. The summed E-state index contributed by atoms with van der Waals surface area (Å²) < 4.78 is 36.0. The van der Waals surface area contributed by atoms with Gasteiger partial charge in [0.25, 0.3) is 0 Å². The molecule has 2 aromatic heterocycles. The average Bonchev–Trinajstić information content (AvgIpc) is 3.41. The summed E-state index contributed by atoms with van der Waals surface area (Å²) in [7, 11) is -3.68. The highest BCUT2D eigenvalue weighted by atomic mass is 32.2. The Morgan fingerprint density at radius 3 is 2.83 bits per heavy atom. The van der Waals surface area contributed by atoms with Gasteiger partial charge in [-0.15, -0.1) is 0 Å². The Kier molecular flexibility index (Phi) is 4.60. The predicted octanol–water partition coefficient (Wildman–Crippen LogP) is 1.05. The van der Waals surface area contributed by atoms with Crippen LogP contribution in [0, 0.1) is 5.92 Å². The first kappa shape index (κ1) is 18.6. The number of aromatic nitrogens is 4. The number of aryl methyl sites for hydroxylation is 1. The summed E-state index contributed by atoms with van der Waals surface area (Å²) in [6.07, 6.45) is 4.16. The maximum absolute atomic E-state index is 13.1. The Labute approximate surface area is 172 Å². The van der Waals surface area contributed by atoms with Gasteiger partial charge in [0.1, 0.15) is 15.9 Å². The van der Waals surface area contributed by atoms with Gasteiger partial charge in [0.15, 0.2) is 0 Å². The molecular formula is C18H20N6O3S2. The monoisotopic (exact) mass is 432 g/mol. The van der Waals surface area contributed by atoms with Crippen LogP contribution >= 0.6 is 11.7 Å². The van der Waals surface area contributed by atoms with Crippen LogP contribution in [0.3, 0.4) is 0 Å². The first-order chi connectivity index (χ1) is 14.0. The van der Waals surface area contributed by atoms with E-state index in [-0.39, 0.29) is 29.8 Å². The van der Waals surface area contributed by atoms with Crippen molar-refractivity contribution in [3.05, 3.63) is 35.7 Å². The summed E-state index contributed by atoms with van der Waals surface area (Å²) in [4.78, 5) is 14.9.